The zero-order valence-corrected chi connectivity index (χ0v) is 15.3. The van der Waals surface area contributed by atoms with Crippen molar-refractivity contribution >= 4 is 17.7 Å². The average molecular weight is 324 g/mol. The Morgan fingerprint density at radius 3 is 2.55 bits per heavy atom. The van der Waals surface area contributed by atoms with Crippen LogP contribution in [-0.4, -0.2) is 27.3 Å². The molecule has 2 rings (SSSR count). The van der Waals surface area contributed by atoms with Gasteiger partial charge in [-0.15, -0.1) is 0 Å². The minimum Gasteiger partial charge on any atom is -0.353 e. The van der Waals surface area contributed by atoms with Crippen LogP contribution >= 0.6 is 11.8 Å². The molecule has 5 heteroatoms. The van der Waals surface area contributed by atoms with Gasteiger partial charge in [-0.05, 0) is 39.5 Å². The highest BCUT2D eigenvalue weighted by Crippen LogP contribution is 2.35. The maximum absolute atomic E-state index is 12.1. The molecule has 1 N–H and O–H groups in total. The summed E-state index contributed by atoms with van der Waals surface area (Å²) in [5, 5.41) is 4.07. The first kappa shape index (κ1) is 17.4. The van der Waals surface area contributed by atoms with Crippen molar-refractivity contribution in [2.24, 2.45) is 5.92 Å². The van der Waals surface area contributed by atoms with Crippen LogP contribution in [0.2, 0.25) is 0 Å². The first-order valence-electron chi connectivity index (χ1n) is 8.37. The number of imidazole rings is 1. The van der Waals surface area contributed by atoms with E-state index in [-0.39, 0.29) is 11.9 Å². The number of aryl methyl sites for hydroxylation is 1. The number of nitrogens with one attached hydrogen (secondary N) is 1. The maximum Gasteiger partial charge on any atom is 0.230 e. The normalized spacial score (nSPS) is 17.2. The van der Waals surface area contributed by atoms with Gasteiger partial charge in [0.2, 0.25) is 5.91 Å². The molecule has 1 atom stereocenters. The van der Waals surface area contributed by atoms with E-state index in [2.05, 4.69) is 49.5 Å². The van der Waals surface area contributed by atoms with Crippen molar-refractivity contribution in [1.29, 1.82) is 0 Å². The molecule has 1 fully saturated rings. The Hall–Kier alpha value is -0.970. The second-order valence-electron chi connectivity index (χ2n) is 6.76. The van der Waals surface area contributed by atoms with Crippen LogP contribution < -0.4 is 5.32 Å². The zero-order chi connectivity index (χ0) is 16.3. The van der Waals surface area contributed by atoms with Crippen LogP contribution in [0.15, 0.2) is 5.16 Å². The zero-order valence-electron chi connectivity index (χ0n) is 14.5. The van der Waals surface area contributed by atoms with Crippen LogP contribution in [-0.2, 0) is 4.79 Å². The lowest BCUT2D eigenvalue weighted by atomic mass is 10.1. The van der Waals surface area contributed by atoms with Crippen LogP contribution in [0, 0.1) is 19.8 Å². The molecule has 1 aliphatic rings. The summed E-state index contributed by atoms with van der Waals surface area (Å²) in [6.45, 7) is 10.5. The lowest BCUT2D eigenvalue weighted by Crippen LogP contribution is -2.37. The van der Waals surface area contributed by atoms with Crippen LogP contribution in [0.4, 0.5) is 0 Å². The third-order valence-corrected chi connectivity index (χ3v) is 5.72. The second-order valence-corrected chi connectivity index (χ2v) is 7.70. The number of thioether (sulfide) groups is 1. The van der Waals surface area contributed by atoms with E-state index in [9.17, 15) is 4.79 Å². The quantitative estimate of drug-likeness (QED) is 0.808. The van der Waals surface area contributed by atoms with E-state index < -0.39 is 0 Å². The molecular weight excluding hydrogens is 294 g/mol. The van der Waals surface area contributed by atoms with Crippen LogP contribution in [0.5, 0.6) is 0 Å². The van der Waals surface area contributed by atoms with Gasteiger partial charge in [0.15, 0.2) is 5.16 Å². The molecule has 22 heavy (non-hydrogen) atoms. The van der Waals surface area contributed by atoms with E-state index in [1.165, 1.54) is 31.4 Å². The van der Waals surface area contributed by atoms with Gasteiger partial charge in [0.25, 0.3) is 0 Å². The van der Waals surface area contributed by atoms with Gasteiger partial charge in [0.1, 0.15) is 0 Å². The van der Waals surface area contributed by atoms with Gasteiger partial charge in [-0.2, -0.15) is 0 Å². The van der Waals surface area contributed by atoms with Gasteiger partial charge in [-0.1, -0.05) is 38.5 Å². The summed E-state index contributed by atoms with van der Waals surface area (Å²) in [5.41, 5.74) is 2.34. The fourth-order valence-electron chi connectivity index (χ4n) is 2.88. The summed E-state index contributed by atoms with van der Waals surface area (Å²) < 4.78 is 2.37. The number of hydrogen-bond acceptors (Lipinski definition) is 3. The lowest BCUT2D eigenvalue weighted by molar-refractivity contribution is -0.119. The number of amides is 1. The molecule has 1 heterocycles. The van der Waals surface area contributed by atoms with Crippen molar-refractivity contribution in [2.45, 2.75) is 77.5 Å². The molecule has 1 saturated carbocycles. The predicted octanol–water partition coefficient (Wildman–Crippen LogP) is 3.87. The maximum atomic E-state index is 12.1. The topological polar surface area (TPSA) is 46.9 Å². The highest BCUT2D eigenvalue weighted by atomic mass is 32.2. The second kappa shape index (κ2) is 7.53. The van der Waals surface area contributed by atoms with Crippen molar-refractivity contribution in [1.82, 2.24) is 14.9 Å². The third-order valence-electron chi connectivity index (χ3n) is 4.77. The Morgan fingerprint density at radius 2 is 1.95 bits per heavy atom. The van der Waals surface area contributed by atoms with Crippen LogP contribution in [0.1, 0.15) is 63.9 Å². The number of carbonyl (C=O) groups excluding carboxylic acids is 1. The smallest absolute Gasteiger partial charge is 0.230 e. The van der Waals surface area contributed by atoms with E-state index in [0.29, 0.717) is 17.7 Å². The van der Waals surface area contributed by atoms with Crippen molar-refractivity contribution in [3.8, 4) is 0 Å². The van der Waals surface area contributed by atoms with Crippen LogP contribution in [0.25, 0.3) is 0 Å². The Kier molecular flexibility index (Phi) is 5.95. The average Bonchev–Trinajstić information content (AvgIpc) is 3.06. The summed E-state index contributed by atoms with van der Waals surface area (Å²) in [7, 11) is 0. The standard InChI is InChI=1S/C17H29N3OS/c1-11(2)12(3)18-16(21)10-22-17-19-13(4)14(5)20(17)15-8-6-7-9-15/h11-12,15H,6-10H2,1-5H3,(H,18,21). The Bertz CT molecular complexity index is 518. The van der Waals surface area contributed by atoms with E-state index in [1.54, 1.807) is 11.8 Å². The third kappa shape index (κ3) is 4.06. The minimum absolute atomic E-state index is 0.0995. The van der Waals surface area contributed by atoms with Crippen molar-refractivity contribution < 1.29 is 4.79 Å². The van der Waals surface area contributed by atoms with Crippen molar-refractivity contribution in [3.05, 3.63) is 11.4 Å². The molecule has 1 aliphatic carbocycles. The lowest BCUT2D eigenvalue weighted by Gasteiger charge is -2.18. The number of rotatable bonds is 6. The first-order chi connectivity index (χ1) is 10.4. The van der Waals surface area contributed by atoms with Gasteiger partial charge < -0.3 is 9.88 Å². The number of nitrogens with zero attached hydrogens (tertiary/aromatic N) is 2. The molecule has 0 bridgehead atoms. The summed E-state index contributed by atoms with van der Waals surface area (Å²) in [5.74, 6) is 1.00. The van der Waals surface area contributed by atoms with Gasteiger partial charge in [0.05, 0.1) is 11.4 Å². The summed E-state index contributed by atoms with van der Waals surface area (Å²) in [6, 6.07) is 0.785. The van der Waals surface area contributed by atoms with Crippen molar-refractivity contribution in [3.63, 3.8) is 0 Å². The van der Waals surface area contributed by atoms with Gasteiger partial charge in [-0.25, -0.2) is 4.98 Å². The van der Waals surface area contributed by atoms with E-state index >= 15 is 0 Å². The molecule has 0 aromatic carbocycles. The summed E-state index contributed by atoms with van der Waals surface area (Å²) >= 11 is 1.57. The molecule has 0 aliphatic heterocycles. The molecule has 1 aromatic heterocycles. The molecule has 1 unspecified atom stereocenters. The molecule has 1 amide bonds. The molecular formula is C17H29N3OS. The summed E-state index contributed by atoms with van der Waals surface area (Å²) in [4.78, 5) is 16.8. The van der Waals surface area contributed by atoms with Crippen LogP contribution in [0.3, 0.4) is 0 Å². The molecule has 1 aromatic rings. The largest absolute Gasteiger partial charge is 0.353 e. The highest BCUT2D eigenvalue weighted by Gasteiger charge is 2.23. The monoisotopic (exact) mass is 323 g/mol. The SMILES string of the molecule is Cc1nc(SCC(=O)NC(C)C(C)C)n(C2CCCC2)c1C. The number of aromatic nitrogens is 2. The Morgan fingerprint density at radius 1 is 1.32 bits per heavy atom. The molecule has 0 spiro atoms. The highest BCUT2D eigenvalue weighted by molar-refractivity contribution is 7.99. The van der Waals surface area contributed by atoms with E-state index in [0.717, 1.165) is 10.9 Å². The fourth-order valence-corrected chi connectivity index (χ4v) is 3.85. The van der Waals surface area contributed by atoms with Gasteiger partial charge in [-0.3, -0.25) is 4.79 Å². The molecule has 0 radical (unpaired) electrons. The Labute approximate surface area is 138 Å². The Balaban J connectivity index is 2.00. The van der Waals surface area contributed by atoms with Gasteiger partial charge >= 0.3 is 0 Å². The molecule has 4 nitrogen and oxygen atoms in total. The molecule has 0 saturated heterocycles. The summed E-state index contributed by atoms with van der Waals surface area (Å²) in [6.07, 6.45) is 5.08. The number of hydrogen-bond donors (Lipinski definition) is 1. The number of carbonyl (C=O) groups is 1. The molecule has 124 valence electrons. The first-order valence-corrected chi connectivity index (χ1v) is 9.36. The van der Waals surface area contributed by atoms with E-state index in [4.69, 9.17) is 0 Å². The minimum atomic E-state index is 0.0995. The van der Waals surface area contributed by atoms with Crippen molar-refractivity contribution in [2.75, 3.05) is 5.75 Å². The fraction of sp³-hybridized carbons (Fsp3) is 0.765. The van der Waals surface area contributed by atoms with Gasteiger partial charge in [0, 0.05) is 17.8 Å². The predicted molar refractivity (Wildman–Crippen MR) is 92.4 cm³/mol. The van der Waals surface area contributed by atoms with E-state index in [1.807, 2.05) is 0 Å².